The summed E-state index contributed by atoms with van der Waals surface area (Å²) in [7, 11) is 0. The van der Waals surface area contributed by atoms with Gasteiger partial charge >= 0.3 is 5.97 Å². The van der Waals surface area contributed by atoms with E-state index in [-0.39, 0.29) is 61.5 Å². The number of hydrogen-bond donors (Lipinski definition) is 4. The van der Waals surface area contributed by atoms with Crippen molar-refractivity contribution in [2.75, 3.05) is 11.9 Å². The minimum atomic E-state index is -0.925. The van der Waals surface area contributed by atoms with Crippen molar-refractivity contribution in [2.45, 2.75) is 128 Å². The zero-order valence-corrected chi connectivity index (χ0v) is 28.0. The van der Waals surface area contributed by atoms with E-state index >= 15 is 0 Å². The van der Waals surface area contributed by atoms with Crippen molar-refractivity contribution in [3.8, 4) is 0 Å². The Kier molecular flexibility index (Phi) is 11.7. The van der Waals surface area contributed by atoms with Gasteiger partial charge in [-0.1, -0.05) is 49.2 Å². The number of ether oxygens (including phenoxy) is 2. The summed E-state index contributed by atoms with van der Waals surface area (Å²) in [5.74, 6) is -0.518. The number of likely N-dealkylation sites (tertiary alicyclic amines) is 1. The molecule has 2 amide bonds. The van der Waals surface area contributed by atoms with Crippen molar-refractivity contribution in [1.82, 2.24) is 10.2 Å². The molecule has 3 fully saturated rings. The highest BCUT2D eigenvalue weighted by Crippen LogP contribution is 2.42. The molecule has 6 unspecified atom stereocenters. The summed E-state index contributed by atoms with van der Waals surface area (Å²) in [5, 5.41) is 24.6. The Hall–Kier alpha value is -3.31. The van der Waals surface area contributed by atoms with Gasteiger partial charge in [-0.3, -0.25) is 19.3 Å². The SMILES string of the molecule is CC(C)(C)NC(=O)C1CCC2CCCCC2N1CC1CC(c2ccc(CO)cc2)OC(c2cccc(NC(=O)CCCC(=O)O)c2)O1. The van der Waals surface area contributed by atoms with Gasteiger partial charge in [0.05, 0.1) is 24.9 Å². The van der Waals surface area contributed by atoms with Crippen molar-refractivity contribution < 1.29 is 34.1 Å². The van der Waals surface area contributed by atoms with E-state index in [0.717, 1.165) is 42.4 Å². The van der Waals surface area contributed by atoms with E-state index in [1.165, 1.54) is 12.8 Å². The molecule has 1 saturated carbocycles. The molecule has 2 aromatic carbocycles. The maximum absolute atomic E-state index is 13.7. The van der Waals surface area contributed by atoms with Crippen LogP contribution in [0, 0.1) is 5.92 Å². The van der Waals surface area contributed by atoms with Crippen LogP contribution in [0.5, 0.6) is 0 Å². The lowest BCUT2D eigenvalue weighted by molar-refractivity contribution is -0.255. The number of carbonyl (C=O) groups is 3. The van der Waals surface area contributed by atoms with Crippen LogP contribution in [0.2, 0.25) is 0 Å². The Morgan fingerprint density at radius 2 is 1.70 bits per heavy atom. The molecule has 6 atom stereocenters. The minimum absolute atomic E-state index is 0.0372. The smallest absolute Gasteiger partial charge is 0.303 e. The highest BCUT2D eigenvalue weighted by Gasteiger charge is 2.44. The van der Waals surface area contributed by atoms with E-state index in [2.05, 4.69) is 15.5 Å². The Bertz CT molecular complexity index is 1370. The van der Waals surface area contributed by atoms with Crippen molar-refractivity contribution in [3.05, 3.63) is 65.2 Å². The number of carboxylic acid groups (broad SMARTS) is 1. The van der Waals surface area contributed by atoms with Crippen LogP contribution in [0.25, 0.3) is 0 Å². The minimum Gasteiger partial charge on any atom is -0.481 e. The molecule has 47 heavy (non-hydrogen) atoms. The Labute approximate surface area is 278 Å². The zero-order valence-electron chi connectivity index (χ0n) is 28.0. The summed E-state index contributed by atoms with van der Waals surface area (Å²) in [4.78, 5) is 39.5. The van der Waals surface area contributed by atoms with Crippen LogP contribution >= 0.6 is 0 Å². The van der Waals surface area contributed by atoms with E-state index in [9.17, 15) is 19.5 Å². The number of rotatable bonds is 11. The zero-order chi connectivity index (χ0) is 33.6. The Morgan fingerprint density at radius 1 is 0.936 bits per heavy atom. The van der Waals surface area contributed by atoms with Crippen LogP contribution in [-0.2, 0) is 30.5 Å². The summed E-state index contributed by atoms with van der Waals surface area (Å²) in [6.45, 7) is 6.63. The fraction of sp³-hybridized carbons (Fsp3) is 0.595. The van der Waals surface area contributed by atoms with Gasteiger partial charge in [-0.2, -0.15) is 0 Å². The highest BCUT2D eigenvalue weighted by molar-refractivity contribution is 5.91. The summed E-state index contributed by atoms with van der Waals surface area (Å²) in [6.07, 6.45) is 6.28. The Balaban J connectivity index is 1.39. The molecule has 10 heteroatoms. The average molecular weight is 650 g/mol. The van der Waals surface area contributed by atoms with Crippen LogP contribution < -0.4 is 10.6 Å². The van der Waals surface area contributed by atoms with Crippen molar-refractivity contribution in [2.24, 2.45) is 5.92 Å². The van der Waals surface area contributed by atoms with Gasteiger partial charge in [0, 0.05) is 48.6 Å². The maximum atomic E-state index is 13.7. The third-order valence-electron chi connectivity index (χ3n) is 9.57. The van der Waals surface area contributed by atoms with Crippen LogP contribution in [0.4, 0.5) is 5.69 Å². The van der Waals surface area contributed by atoms with Gasteiger partial charge in [0.25, 0.3) is 0 Å². The largest absolute Gasteiger partial charge is 0.481 e. The number of aliphatic hydroxyl groups excluding tert-OH is 1. The van der Waals surface area contributed by atoms with E-state index in [1.54, 1.807) is 6.07 Å². The number of fused-ring (bicyclic) bond motifs is 1. The molecule has 1 aliphatic carbocycles. The monoisotopic (exact) mass is 649 g/mol. The van der Waals surface area contributed by atoms with Gasteiger partial charge in [0.2, 0.25) is 11.8 Å². The van der Waals surface area contributed by atoms with Gasteiger partial charge in [0.15, 0.2) is 6.29 Å². The first-order valence-corrected chi connectivity index (χ1v) is 17.2. The first-order chi connectivity index (χ1) is 22.5. The van der Waals surface area contributed by atoms with E-state index in [4.69, 9.17) is 14.6 Å². The second-order valence-corrected chi connectivity index (χ2v) is 14.4. The highest BCUT2D eigenvalue weighted by atomic mass is 16.7. The molecule has 0 bridgehead atoms. The first-order valence-electron chi connectivity index (χ1n) is 17.2. The summed E-state index contributed by atoms with van der Waals surface area (Å²) >= 11 is 0. The fourth-order valence-corrected chi connectivity index (χ4v) is 7.38. The second-order valence-electron chi connectivity index (χ2n) is 14.4. The summed E-state index contributed by atoms with van der Waals surface area (Å²) < 4.78 is 13.3. The molecular formula is C37H51N3O7. The molecule has 2 heterocycles. The molecule has 256 valence electrons. The third kappa shape index (κ3) is 9.63. The molecule has 5 rings (SSSR count). The molecule has 4 N–H and O–H groups in total. The lowest BCUT2D eigenvalue weighted by Gasteiger charge is -2.50. The number of nitrogens with one attached hydrogen (secondary N) is 2. The third-order valence-corrected chi connectivity index (χ3v) is 9.57. The number of benzene rings is 2. The van der Waals surface area contributed by atoms with Gasteiger partial charge in [-0.25, -0.2) is 0 Å². The topological polar surface area (TPSA) is 137 Å². The van der Waals surface area contributed by atoms with Crippen molar-refractivity contribution >= 4 is 23.5 Å². The second kappa shape index (κ2) is 15.7. The number of carboxylic acids is 1. The average Bonchev–Trinajstić information content (AvgIpc) is 3.04. The summed E-state index contributed by atoms with van der Waals surface area (Å²) in [5.41, 5.74) is 2.83. The maximum Gasteiger partial charge on any atom is 0.303 e. The summed E-state index contributed by atoms with van der Waals surface area (Å²) in [6, 6.07) is 15.3. The predicted molar refractivity (Wildman–Crippen MR) is 178 cm³/mol. The molecule has 0 radical (unpaired) electrons. The number of nitrogens with zero attached hydrogens (tertiary/aromatic N) is 1. The fourth-order valence-electron chi connectivity index (χ4n) is 7.38. The van der Waals surface area contributed by atoms with Gasteiger partial charge < -0.3 is 30.3 Å². The van der Waals surface area contributed by atoms with Crippen LogP contribution in [0.1, 0.15) is 114 Å². The van der Waals surface area contributed by atoms with Gasteiger partial charge in [-0.15, -0.1) is 0 Å². The number of amides is 2. The normalized spacial score (nSPS) is 26.6. The molecular weight excluding hydrogens is 598 g/mol. The van der Waals surface area contributed by atoms with E-state index < -0.39 is 12.3 Å². The van der Waals surface area contributed by atoms with Crippen molar-refractivity contribution in [3.63, 3.8) is 0 Å². The molecule has 0 spiro atoms. The standard InChI is InChI=1S/C37H51N3O7/c1-37(2,3)39-35(45)31-19-18-25-8-4-5-11-30(25)40(31)22-29-21-32(26-16-14-24(23-41)15-17-26)47-36(46-29)27-9-6-10-28(20-27)38-33(42)12-7-13-34(43)44/h6,9-10,14-17,20,25,29-32,36,41H,4-5,7-8,11-13,18-19,21-23H2,1-3H3,(H,38,42)(H,39,45)(H,43,44). The first kappa shape index (κ1) is 35.0. The number of aliphatic carboxylic acids is 1. The lowest BCUT2D eigenvalue weighted by Crippen LogP contribution is -2.61. The molecule has 10 nitrogen and oxygen atoms in total. The molecule has 2 aliphatic heterocycles. The number of piperidine rings is 1. The predicted octanol–water partition coefficient (Wildman–Crippen LogP) is 5.86. The van der Waals surface area contributed by atoms with Gasteiger partial charge in [0.1, 0.15) is 0 Å². The van der Waals surface area contributed by atoms with Crippen LogP contribution in [-0.4, -0.2) is 63.2 Å². The number of carbonyl (C=O) groups excluding carboxylic acids is 2. The molecule has 2 saturated heterocycles. The van der Waals surface area contributed by atoms with Crippen LogP contribution in [0.15, 0.2) is 48.5 Å². The quantitative estimate of drug-likeness (QED) is 0.238. The van der Waals surface area contributed by atoms with Crippen LogP contribution in [0.3, 0.4) is 0 Å². The van der Waals surface area contributed by atoms with E-state index in [0.29, 0.717) is 30.6 Å². The van der Waals surface area contributed by atoms with E-state index in [1.807, 2.05) is 63.2 Å². The number of aliphatic hydroxyl groups is 1. The molecule has 3 aliphatic rings. The van der Waals surface area contributed by atoms with Gasteiger partial charge in [-0.05, 0) is 82.1 Å². The van der Waals surface area contributed by atoms with Crippen molar-refractivity contribution in [1.29, 1.82) is 0 Å². The number of hydrogen-bond acceptors (Lipinski definition) is 7. The molecule has 0 aromatic heterocycles. The number of anilines is 1. The molecule has 2 aromatic rings. The Morgan fingerprint density at radius 3 is 2.43 bits per heavy atom. The lowest BCUT2D eigenvalue weighted by atomic mass is 9.75.